The van der Waals surface area contributed by atoms with Gasteiger partial charge in [-0.3, -0.25) is 0 Å². The number of esters is 2. The zero-order chi connectivity index (χ0) is 18.7. The quantitative estimate of drug-likeness (QED) is 0.444. The SMILES string of the molecule is C=CCC1(C(=O)OCc2ccccc2)C(=CC(=O)OC)O[C@@H]2CC(=C)N21. The number of carbonyl (C=O) groups excluding carboxylic acids is 2. The Morgan fingerprint density at radius 1 is 1.38 bits per heavy atom. The van der Waals surface area contributed by atoms with Crippen LogP contribution < -0.4 is 0 Å². The molecule has 2 fully saturated rings. The maximum atomic E-state index is 13.1. The Bertz CT molecular complexity index is 770. The van der Waals surface area contributed by atoms with Crippen molar-refractivity contribution in [3.8, 4) is 0 Å². The molecule has 0 aromatic heterocycles. The average Bonchev–Trinajstić information content (AvgIpc) is 2.89. The Morgan fingerprint density at radius 3 is 2.73 bits per heavy atom. The van der Waals surface area contributed by atoms with Crippen molar-refractivity contribution >= 4 is 11.9 Å². The lowest BCUT2D eigenvalue weighted by molar-refractivity contribution is -0.157. The minimum Gasteiger partial charge on any atom is -0.471 e. The van der Waals surface area contributed by atoms with Gasteiger partial charge >= 0.3 is 11.9 Å². The zero-order valence-electron chi connectivity index (χ0n) is 14.6. The van der Waals surface area contributed by atoms with Crippen LogP contribution in [-0.2, 0) is 30.4 Å². The van der Waals surface area contributed by atoms with Crippen molar-refractivity contribution in [1.82, 2.24) is 4.90 Å². The van der Waals surface area contributed by atoms with Gasteiger partial charge in [0.2, 0.25) is 5.54 Å². The molecule has 1 unspecified atom stereocenters. The third kappa shape index (κ3) is 2.87. The summed E-state index contributed by atoms with van der Waals surface area (Å²) in [4.78, 5) is 26.7. The molecule has 136 valence electrons. The number of hydrogen-bond acceptors (Lipinski definition) is 6. The van der Waals surface area contributed by atoms with Crippen molar-refractivity contribution in [2.24, 2.45) is 0 Å². The van der Waals surface area contributed by atoms with Gasteiger partial charge in [0.15, 0.2) is 6.23 Å². The molecule has 0 N–H and O–H groups in total. The highest BCUT2D eigenvalue weighted by Gasteiger charge is 2.62. The van der Waals surface area contributed by atoms with E-state index in [4.69, 9.17) is 14.2 Å². The van der Waals surface area contributed by atoms with E-state index in [1.807, 2.05) is 30.3 Å². The Balaban J connectivity index is 1.92. The molecule has 0 amide bonds. The molecule has 2 aliphatic rings. The summed E-state index contributed by atoms with van der Waals surface area (Å²) in [5, 5.41) is 0. The minimum atomic E-state index is -1.29. The van der Waals surface area contributed by atoms with E-state index in [0.717, 1.165) is 11.3 Å². The minimum absolute atomic E-state index is 0.120. The van der Waals surface area contributed by atoms with Crippen LogP contribution in [-0.4, -0.2) is 35.7 Å². The van der Waals surface area contributed by atoms with Crippen molar-refractivity contribution in [3.63, 3.8) is 0 Å². The number of carbonyl (C=O) groups is 2. The molecular weight excluding hydrogens is 334 g/mol. The van der Waals surface area contributed by atoms with E-state index in [1.54, 1.807) is 11.0 Å². The third-order valence-corrected chi connectivity index (χ3v) is 4.56. The summed E-state index contributed by atoms with van der Waals surface area (Å²) in [6.07, 6.45) is 3.26. The molecule has 6 heteroatoms. The summed E-state index contributed by atoms with van der Waals surface area (Å²) in [5.41, 5.74) is 0.331. The fraction of sp³-hybridized carbons (Fsp3) is 0.300. The summed E-state index contributed by atoms with van der Waals surface area (Å²) in [7, 11) is 1.27. The highest BCUT2D eigenvalue weighted by Crippen LogP contribution is 2.50. The molecule has 2 saturated heterocycles. The third-order valence-electron chi connectivity index (χ3n) is 4.56. The highest BCUT2D eigenvalue weighted by molar-refractivity contribution is 5.90. The first-order valence-electron chi connectivity index (χ1n) is 8.29. The number of nitrogens with zero attached hydrogens (tertiary/aromatic N) is 1. The average molecular weight is 355 g/mol. The van der Waals surface area contributed by atoms with Crippen LogP contribution in [0.5, 0.6) is 0 Å². The number of benzene rings is 1. The molecule has 2 heterocycles. The van der Waals surface area contributed by atoms with E-state index in [2.05, 4.69) is 13.2 Å². The van der Waals surface area contributed by atoms with E-state index >= 15 is 0 Å². The predicted molar refractivity (Wildman–Crippen MR) is 94.4 cm³/mol. The van der Waals surface area contributed by atoms with Gasteiger partial charge in [-0.25, -0.2) is 9.59 Å². The molecule has 0 aliphatic carbocycles. The highest BCUT2D eigenvalue weighted by atomic mass is 16.6. The fourth-order valence-corrected chi connectivity index (χ4v) is 3.31. The lowest BCUT2D eigenvalue weighted by Crippen LogP contribution is -2.58. The van der Waals surface area contributed by atoms with Crippen LogP contribution in [0, 0.1) is 0 Å². The van der Waals surface area contributed by atoms with Crippen molar-refractivity contribution in [1.29, 1.82) is 0 Å². The molecular formula is C20H21NO5. The van der Waals surface area contributed by atoms with Gasteiger partial charge in [0.05, 0.1) is 13.2 Å². The van der Waals surface area contributed by atoms with Gasteiger partial charge in [-0.1, -0.05) is 43.0 Å². The van der Waals surface area contributed by atoms with Crippen molar-refractivity contribution < 1.29 is 23.8 Å². The fourth-order valence-electron chi connectivity index (χ4n) is 3.31. The smallest absolute Gasteiger partial charge is 0.340 e. The van der Waals surface area contributed by atoms with E-state index in [-0.39, 0.29) is 25.0 Å². The van der Waals surface area contributed by atoms with Crippen molar-refractivity contribution in [2.45, 2.75) is 31.2 Å². The molecule has 0 bridgehead atoms. The predicted octanol–water partition coefficient (Wildman–Crippen LogP) is 2.68. The van der Waals surface area contributed by atoms with Gasteiger partial charge in [-0.05, 0) is 5.56 Å². The molecule has 1 aromatic rings. The van der Waals surface area contributed by atoms with E-state index < -0.39 is 17.5 Å². The lowest BCUT2D eigenvalue weighted by Gasteiger charge is -2.44. The molecule has 0 saturated carbocycles. The summed E-state index contributed by atoms with van der Waals surface area (Å²) in [6.45, 7) is 7.84. The summed E-state index contributed by atoms with van der Waals surface area (Å²) >= 11 is 0. The van der Waals surface area contributed by atoms with Gasteiger partial charge < -0.3 is 19.1 Å². The molecule has 1 aromatic carbocycles. The van der Waals surface area contributed by atoms with E-state index in [0.29, 0.717) is 6.42 Å². The number of fused-ring (bicyclic) bond motifs is 1. The van der Waals surface area contributed by atoms with E-state index in [1.165, 1.54) is 13.2 Å². The van der Waals surface area contributed by atoms with Gasteiger partial charge in [-0.15, -0.1) is 6.58 Å². The summed E-state index contributed by atoms with van der Waals surface area (Å²) < 4.78 is 16.1. The van der Waals surface area contributed by atoms with Crippen molar-refractivity contribution in [2.75, 3.05) is 7.11 Å². The molecule has 2 atom stereocenters. The Kier molecular flexibility index (Phi) is 4.84. The first-order valence-corrected chi connectivity index (χ1v) is 8.29. The maximum Gasteiger partial charge on any atom is 0.340 e. The maximum absolute atomic E-state index is 13.1. The van der Waals surface area contributed by atoms with Crippen LogP contribution in [0.15, 0.2) is 67.1 Å². The first kappa shape index (κ1) is 17.8. The second-order valence-electron chi connectivity index (χ2n) is 6.16. The second-order valence-corrected chi connectivity index (χ2v) is 6.16. The largest absolute Gasteiger partial charge is 0.471 e. The first-order chi connectivity index (χ1) is 12.5. The van der Waals surface area contributed by atoms with Crippen LogP contribution in [0.3, 0.4) is 0 Å². The summed E-state index contributed by atoms with van der Waals surface area (Å²) in [6, 6.07) is 9.38. The number of hydrogen-bond donors (Lipinski definition) is 0. The summed E-state index contributed by atoms with van der Waals surface area (Å²) in [5.74, 6) is -0.914. The number of ether oxygens (including phenoxy) is 3. The molecule has 0 spiro atoms. The molecule has 3 rings (SSSR count). The number of rotatable bonds is 6. The standard InChI is InChI=1S/C20H21NO5/c1-4-10-20(19(23)25-13-15-8-6-5-7-9-15)16(12-18(22)24-3)26-17-11-14(2)21(17)20/h4-9,12,17H,1-2,10-11,13H2,3H3/t17-,20?/m1/s1. The van der Waals surface area contributed by atoms with Crippen LogP contribution in [0.4, 0.5) is 0 Å². The zero-order valence-corrected chi connectivity index (χ0v) is 14.6. The van der Waals surface area contributed by atoms with Crippen LogP contribution in [0.2, 0.25) is 0 Å². The topological polar surface area (TPSA) is 65.1 Å². The number of methoxy groups -OCH3 is 1. The van der Waals surface area contributed by atoms with Gasteiger partial charge in [-0.2, -0.15) is 0 Å². The van der Waals surface area contributed by atoms with Crippen molar-refractivity contribution in [3.05, 3.63) is 72.7 Å². The van der Waals surface area contributed by atoms with Gasteiger partial charge in [0, 0.05) is 18.5 Å². The Hall–Kier alpha value is -3.02. The lowest BCUT2D eigenvalue weighted by atomic mass is 9.87. The van der Waals surface area contributed by atoms with Gasteiger partial charge in [0.1, 0.15) is 12.4 Å². The van der Waals surface area contributed by atoms with Gasteiger partial charge in [0.25, 0.3) is 0 Å². The normalized spacial score (nSPS) is 25.1. The van der Waals surface area contributed by atoms with Crippen LogP contribution in [0.25, 0.3) is 0 Å². The monoisotopic (exact) mass is 355 g/mol. The Morgan fingerprint density at radius 2 is 2.12 bits per heavy atom. The molecule has 6 nitrogen and oxygen atoms in total. The van der Waals surface area contributed by atoms with E-state index in [9.17, 15) is 9.59 Å². The molecule has 26 heavy (non-hydrogen) atoms. The molecule has 2 aliphatic heterocycles. The van der Waals surface area contributed by atoms with Crippen LogP contribution in [0.1, 0.15) is 18.4 Å². The Labute approximate surface area is 152 Å². The van der Waals surface area contributed by atoms with Crippen LogP contribution >= 0.6 is 0 Å². The molecule has 0 radical (unpaired) electrons. The second kappa shape index (κ2) is 7.07.